The number of nitrogens with zero attached hydrogens (tertiary/aromatic N) is 2. The molecule has 0 saturated carbocycles. The summed E-state index contributed by atoms with van der Waals surface area (Å²) in [4.78, 5) is 16.9. The number of carbonyl (C=O) groups is 1. The third kappa shape index (κ3) is 3.42. The van der Waals surface area contributed by atoms with Gasteiger partial charge in [-0.15, -0.1) is 0 Å². The van der Waals surface area contributed by atoms with Crippen LogP contribution < -0.4 is 10.5 Å². The molecule has 1 aromatic heterocycles. The lowest BCUT2D eigenvalue weighted by atomic mass is 10.3. The normalized spacial score (nSPS) is 9.94. The molecule has 0 aliphatic rings. The second-order valence-corrected chi connectivity index (χ2v) is 3.72. The fourth-order valence-corrected chi connectivity index (χ4v) is 1.16. The van der Waals surface area contributed by atoms with E-state index < -0.39 is 0 Å². The molecule has 0 radical (unpaired) electrons. The monoisotopic (exact) mass is 223 g/mol. The zero-order chi connectivity index (χ0) is 12.1. The first-order chi connectivity index (χ1) is 7.50. The fourth-order valence-electron chi connectivity index (χ4n) is 1.16. The van der Waals surface area contributed by atoms with E-state index in [0.717, 1.165) is 5.69 Å². The van der Waals surface area contributed by atoms with E-state index in [1.807, 2.05) is 13.0 Å². The van der Waals surface area contributed by atoms with E-state index in [1.165, 1.54) is 4.90 Å². The van der Waals surface area contributed by atoms with Gasteiger partial charge in [-0.1, -0.05) is 0 Å². The second-order valence-electron chi connectivity index (χ2n) is 3.72. The highest BCUT2D eigenvalue weighted by Gasteiger charge is 2.06. The molecule has 88 valence electrons. The maximum Gasteiger partial charge on any atom is 0.225 e. The summed E-state index contributed by atoms with van der Waals surface area (Å²) < 4.78 is 5.38. The molecule has 0 fully saturated rings. The predicted octanol–water partition coefficient (Wildman–Crippen LogP) is 0.829. The predicted molar refractivity (Wildman–Crippen MR) is 62.2 cm³/mol. The van der Waals surface area contributed by atoms with E-state index in [2.05, 4.69) is 4.98 Å². The van der Waals surface area contributed by atoms with Crippen LogP contribution in [0.5, 0.6) is 5.75 Å². The van der Waals surface area contributed by atoms with Crippen LogP contribution in [0.1, 0.15) is 12.1 Å². The van der Waals surface area contributed by atoms with E-state index in [-0.39, 0.29) is 5.91 Å². The number of anilines is 1. The molecular formula is C11H17N3O2. The third-order valence-electron chi connectivity index (χ3n) is 2.10. The minimum absolute atomic E-state index is 0.0265. The summed E-state index contributed by atoms with van der Waals surface area (Å²) in [5.41, 5.74) is 6.51. The van der Waals surface area contributed by atoms with E-state index in [0.29, 0.717) is 24.6 Å². The van der Waals surface area contributed by atoms with Crippen LogP contribution in [-0.4, -0.2) is 36.5 Å². The van der Waals surface area contributed by atoms with Gasteiger partial charge < -0.3 is 15.4 Å². The maximum absolute atomic E-state index is 11.3. The van der Waals surface area contributed by atoms with Gasteiger partial charge in [0.2, 0.25) is 5.91 Å². The van der Waals surface area contributed by atoms with Gasteiger partial charge in [0.25, 0.3) is 0 Å². The smallest absolute Gasteiger partial charge is 0.225 e. The summed E-state index contributed by atoms with van der Waals surface area (Å²) in [5, 5.41) is 0. The molecular weight excluding hydrogens is 206 g/mol. The average molecular weight is 223 g/mol. The Bertz CT molecular complexity index is 377. The minimum Gasteiger partial charge on any atom is -0.489 e. The molecule has 1 amide bonds. The Morgan fingerprint density at radius 2 is 2.19 bits per heavy atom. The molecule has 5 nitrogen and oxygen atoms in total. The molecule has 5 heteroatoms. The van der Waals surface area contributed by atoms with E-state index >= 15 is 0 Å². The van der Waals surface area contributed by atoms with Crippen LogP contribution in [0, 0.1) is 6.92 Å². The van der Waals surface area contributed by atoms with Crippen LogP contribution in [0.3, 0.4) is 0 Å². The highest BCUT2D eigenvalue weighted by Crippen LogP contribution is 2.18. The Labute approximate surface area is 95.2 Å². The van der Waals surface area contributed by atoms with E-state index in [4.69, 9.17) is 10.5 Å². The van der Waals surface area contributed by atoms with Gasteiger partial charge in [-0.3, -0.25) is 4.79 Å². The Balaban J connectivity index is 2.46. The van der Waals surface area contributed by atoms with E-state index in [9.17, 15) is 4.79 Å². The van der Waals surface area contributed by atoms with Crippen molar-refractivity contribution in [1.29, 1.82) is 0 Å². The molecule has 0 unspecified atom stereocenters. The number of carbonyl (C=O) groups excluding carboxylic acids is 1. The van der Waals surface area contributed by atoms with Gasteiger partial charge in [-0.05, 0) is 19.1 Å². The maximum atomic E-state index is 11.3. The fraction of sp³-hybridized carbons (Fsp3) is 0.455. The summed E-state index contributed by atoms with van der Waals surface area (Å²) in [7, 11) is 3.42. The van der Waals surface area contributed by atoms with E-state index in [1.54, 1.807) is 20.2 Å². The number of hydrogen-bond donors (Lipinski definition) is 1. The molecule has 0 bridgehead atoms. The Morgan fingerprint density at radius 3 is 2.75 bits per heavy atom. The number of nitrogens with two attached hydrogens (primary N) is 1. The third-order valence-corrected chi connectivity index (χ3v) is 2.10. The van der Waals surface area contributed by atoms with Crippen molar-refractivity contribution in [3.05, 3.63) is 17.8 Å². The summed E-state index contributed by atoms with van der Waals surface area (Å²) in [6.07, 6.45) is 0.334. The van der Waals surface area contributed by atoms with Crippen molar-refractivity contribution >= 4 is 11.7 Å². The van der Waals surface area contributed by atoms with Crippen molar-refractivity contribution in [2.24, 2.45) is 0 Å². The largest absolute Gasteiger partial charge is 0.489 e. The number of ether oxygens (including phenoxy) is 1. The first-order valence-electron chi connectivity index (χ1n) is 5.07. The number of hydrogen-bond acceptors (Lipinski definition) is 4. The quantitative estimate of drug-likeness (QED) is 0.820. The Hall–Kier alpha value is -1.78. The van der Waals surface area contributed by atoms with Crippen LogP contribution in [0.2, 0.25) is 0 Å². The molecule has 0 spiro atoms. The second kappa shape index (κ2) is 5.34. The first-order valence-corrected chi connectivity index (χ1v) is 5.07. The lowest BCUT2D eigenvalue weighted by molar-refractivity contribution is -0.129. The van der Waals surface area contributed by atoms with Gasteiger partial charge in [0, 0.05) is 19.8 Å². The highest BCUT2D eigenvalue weighted by molar-refractivity contribution is 5.75. The minimum atomic E-state index is 0.0265. The zero-order valence-corrected chi connectivity index (χ0v) is 9.86. The van der Waals surface area contributed by atoms with Crippen molar-refractivity contribution in [2.45, 2.75) is 13.3 Å². The SMILES string of the molecule is Cc1ccc(OCCC(=O)N(C)C)c(N)n1. The van der Waals surface area contributed by atoms with Crippen molar-refractivity contribution < 1.29 is 9.53 Å². The molecule has 1 aromatic rings. The average Bonchev–Trinajstić information content (AvgIpc) is 2.20. The van der Waals surface area contributed by atoms with Crippen LogP contribution >= 0.6 is 0 Å². The van der Waals surface area contributed by atoms with Crippen molar-refractivity contribution in [3.8, 4) is 5.75 Å². The molecule has 16 heavy (non-hydrogen) atoms. The summed E-state index contributed by atoms with van der Waals surface area (Å²) >= 11 is 0. The highest BCUT2D eigenvalue weighted by atomic mass is 16.5. The summed E-state index contributed by atoms with van der Waals surface area (Å²) in [6.45, 7) is 2.17. The molecule has 0 aliphatic heterocycles. The van der Waals surface area contributed by atoms with Gasteiger partial charge >= 0.3 is 0 Å². The molecule has 0 aliphatic carbocycles. The molecule has 1 rings (SSSR count). The van der Waals surface area contributed by atoms with Crippen molar-refractivity contribution in [2.75, 3.05) is 26.4 Å². The number of aromatic nitrogens is 1. The Morgan fingerprint density at radius 1 is 1.50 bits per heavy atom. The number of amides is 1. The summed E-state index contributed by atoms with van der Waals surface area (Å²) in [6, 6.07) is 3.58. The molecule has 2 N–H and O–H groups in total. The van der Waals surface area contributed by atoms with Crippen LogP contribution in [0.15, 0.2) is 12.1 Å². The molecule has 0 saturated heterocycles. The Kier molecular flexibility index (Phi) is 4.10. The lowest BCUT2D eigenvalue weighted by Crippen LogP contribution is -2.23. The molecule has 0 aromatic carbocycles. The number of aryl methyl sites for hydroxylation is 1. The topological polar surface area (TPSA) is 68.5 Å². The first kappa shape index (κ1) is 12.3. The number of pyridine rings is 1. The van der Waals surface area contributed by atoms with Gasteiger partial charge in [0.05, 0.1) is 13.0 Å². The number of rotatable bonds is 4. The lowest BCUT2D eigenvalue weighted by Gasteiger charge is -2.11. The van der Waals surface area contributed by atoms with Gasteiger partial charge in [-0.25, -0.2) is 4.98 Å². The zero-order valence-electron chi connectivity index (χ0n) is 9.86. The van der Waals surface area contributed by atoms with Crippen LogP contribution in [0.4, 0.5) is 5.82 Å². The van der Waals surface area contributed by atoms with Gasteiger partial charge in [-0.2, -0.15) is 0 Å². The van der Waals surface area contributed by atoms with Gasteiger partial charge in [0.1, 0.15) is 0 Å². The van der Waals surface area contributed by atoms with Gasteiger partial charge in [0.15, 0.2) is 11.6 Å². The number of nitrogen functional groups attached to an aromatic ring is 1. The standard InChI is InChI=1S/C11H17N3O2/c1-8-4-5-9(11(12)13-8)16-7-6-10(15)14(2)3/h4-5H,6-7H2,1-3H3,(H2,12,13). The molecule has 0 atom stereocenters. The van der Waals surface area contributed by atoms with Crippen molar-refractivity contribution in [3.63, 3.8) is 0 Å². The summed E-state index contributed by atoms with van der Waals surface area (Å²) in [5.74, 6) is 0.910. The van der Waals surface area contributed by atoms with Crippen LogP contribution in [0.25, 0.3) is 0 Å². The van der Waals surface area contributed by atoms with Crippen LogP contribution in [-0.2, 0) is 4.79 Å². The molecule has 1 heterocycles. The van der Waals surface area contributed by atoms with Crippen molar-refractivity contribution in [1.82, 2.24) is 9.88 Å².